The molecule has 1 aliphatic heterocycles. The Morgan fingerprint density at radius 2 is 2.14 bits per heavy atom. The summed E-state index contributed by atoms with van der Waals surface area (Å²) >= 11 is 0. The summed E-state index contributed by atoms with van der Waals surface area (Å²) in [5.74, 6) is 4.55. The molecule has 5 nitrogen and oxygen atoms in total. The summed E-state index contributed by atoms with van der Waals surface area (Å²) in [4.78, 5) is 12.2. The average molecular weight is 303 g/mol. The lowest BCUT2D eigenvalue weighted by atomic mass is 10.00. The quantitative estimate of drug-likeness (QED) is 0.589. The molecular formula is C13H16F3N3O2. The van der Waals surface area contributed by atoms with Crippen molar-refractivity contribution < 1.29 is 22.7 Å². The largest absolute Gasteiger partial charge is 0.418 e. The van der Waals surface area contributed by atoms with Gasteiger partial charge in [0, 0.05) is 6.61 Å². The minimum atomic E-state index is -4.60. The second-order valence-corrected chi connectivity index (χ2v) is 5.19. The minimum absolute atomic E-state index is 0.152. The highest BCUT2D eigenvalue weighted by molar-refractivity contribution is 6.00. The molecule has 1 aromatic carbocycles. The monoisotopic (exact) mass is 303 g/mol. The van der Waals surface area contributed by atoms with E-state index < -0.39 is 28.9 Å². The number of benzene rings is 1. The molecule has 1 amide bonds. The van der Waals surface area contributed by atoms with Gasteiger partial charge in [0.05, 0.1) is 29.0 Å². The number of nitrogen functional groups attached to an aromatic ring is 1. The maximum Gasteiger partial charge on any atom is 0.418 e. The van der Waals surface area contributed by atoms with E-state index in [-0.39, 0.29) is 5.56 Å². The van der Waals surface area contributed by atoms with Crippen molar-refractivity contribution in [2.45, 2.75) is 25.1 Å². The van der Waals surface area contributed by atoms with Gasteiger partial charge in [0.2, 0.25) is 0 Å². The predicted octanol–water partition coefficient (Wildman–Crippen LogP) is 1.90. The molecule has 1 aromatic rings. The molecule has 4 N–H and O–H groups in total. The van der Waals surface area contributed by atoms with Crippen LogP contribution in [0.15, 0.2) is 18.2 Å². The van der Waals surface area contributed by atoms with Gasteiger partial charge in [-0.05, 0) is 25.5 Å². The van der Waals surface area contributed by atoms with Crippen LogP contribution in [0.25, 0.3) is 0 Å². The molecule has 0 bridgehead atoms. The second kappa shape index (κ2) is 5.53. The molecule has 0 aromatic heterocycles. The topological polar surface area (TPSA) is 76.4 Å². The molecule has 0 radical (unpaired) electrons. The number of nitrogens with two attached hydrogens (primary N) is 1. The van der Waals surface area contributed by atoms with Gasteiger partial charge in [0.1, 0.15) is 0 Å². The van der Waals surface area contributed by atoms with E-state index in [1.54, 1.807) is 6.92 Å². The van der Waals surface area contributed by atoms with E-state index in [2.05, 4.69) is 5.32 Å². The van der Waals surface area contributed by atoms with Gasteiger partial charge in [-0.2, -0.15) is 13.2 Å². The fraction of sp³-hybridized carbons (Fsp3) is 0.462. The van der Waals surface area contributed by atoms with Crippen molar-refractivity contribution in [3.05, 3.63) is 29.3 Å². The van der Waals surface area contributed by atoms with Gasteiger partial charge >= 0.3 is 6.18 Å². The van der Waals surface area contributed by atoms with E-state index in [9.17, 15) is 18.0 Å². The van der Waals surface area contributed by atoms with Gasteiger partial charge in [-0.15, -0.1) is 0 Å². The fourth-order valence-electron chi connectivity index (χ4n) is 2.24. The van der Waals surface area contributed by atoms with Crippen molar-refractivity contribution in [1.29, 1.82) is 0 Å². The normalized spacial score (nSPS) is 22.1. The third kappa shape index (κ3) is 3.27. The number of carbonyl (C=O) groups excluding carboxylic acids is 1. The van der Waals surface area contributed by atoms with Gasteiger partial charge in [0.25, 0.3) is 5.91 Å². The Morgan fingerprint density at radius 3 is 2.67 bits per heavy atom. The van der Waals surface area contributed by atoms with Crippen LogP contribution in [0.2, 0.25) is 0 Å². The van der Waals surface area contributed by atoms with Crippen molar-refractivity contribution in [3.8, 4) is 0 Å². The Labute approximate surface area is 119 Å². The lowest BCUT2D eigenvalue weighted by Gasteiger charge is -2.24. The summed E-state index contributed by atoms with van der Waals surface area (Å²) in [7, 11) is 0. The molecule has 1 fully saturated rings. The van der Waals surface area contributed by atoms with Crippen molar-refractivity contribution in [2.75, 3.05) is 18.6 Å². The van der Waals surface area contributed by atoms with E-state index in [0.717, 1.165) is 6.07 Å². The maximum atomic E-state index is 12.9. The van der Waals surface area contributed by atoms with Gasteiger partial charge in [-0.3, -0.25) is 10.6 Å². The molecule has 1 saturated heterocycles. The van der Waals surface area contributed by atoms with Crippen LogP contribution in [-0.2, 0) is 10.9 Å². The Bertz CT molecular complexity index is 540. The highest BCUT2D eigenvalue weighted by atomic mass is 19.4. The van der Waals surface area contributed by atoms with Crippen LogP contribution >= 0.6 is 0 Å². The first-order chi connectivity index (χ1) is 9.77. The first-order valence-corrected chi connectivity index (χ1v) is 6.34. The van der Waals surface area contributed by atoms with Crippen molar-refractivity contribution in [3.63, 3.8) is 0 Å². The number of nitrogens with one attached hydrogen (secondary N) is 2. The van der Waals surface area contributed by atoms with Crippen molar-refractivity contribution in [2.24, 2.45) is 5.84 Å². The molecule has 1 aliphatic rings. The number of anilines is 1. The standard InChI is InChI=1S/C13H16F3N3O2/c1-12(5-6-21-7-12)18-11(20)8-3-2-4-9(10(8)19-17)13(14,15)16/h2-4,19H,5-7,17H2,1H3,(H,18,20). The SMILES string of the molecule is CC1(NC(=O)c2cccc(C(F)(F)F)c2NN)CCOC1. The van der Waals surface area contributed by atoms with E-state index in [1.807, 2.05) is 5.43 Å². The fourth-order valence-corrected chi connectivity index (χ4v) is 2.24. The van der Waals surface area contributed by atoms with Crippen LogP contribution in [0.1, 0.15) is 29.3 Å². The number of para-hydroxylation sites is 1. The van der Waals surface area contributed by atoms with Gasteiger partial charge in [-0.25, -0.2) is 0 Å². The molecule has 0 spiro atoms. The third-order valence-corrected chi connectivity index (χ3v) is 3.39. The van der Waals surface area contributed by atoms with Crippen LogP contribution < -0.4 is 16.6 Å². The second-order valence-electron chi connectivity index (χ2n) is 5.19. The van der Waals surface area contributed by atoms with Crippen LogP contribution in [-0.4, -0.2) is 24.7 Å². The molecule has 0 saturated carbocycles. The molecule has 8 heteroatoms. The number of amides is 1. The number of ether oxygens (including phenoxy) is 1. The van der Waals surface area contributed by atoms with Gasteiger partial charge in [-0.1, -0.05) is 6.07 Å². The summed E-state index contributed by atoms with van der Waals surface area (Å²) in [6, 6.07) is 3.33. The summed E-state index contributed by atoms with van der Waals surface area (Å²) in [5.41, 5.74) is -0.182. The average Bonchev–Trinajstić information content (AvgIpc) is 2.83. The zero-order valence-corrected chi connectivity index (χ0v) is 11.4. The highest BCUT2D eigenvalue weighted by Crippen LogP contribution is 2.36. The number of carbonyl (C=O) groups is 1. The summed E-state index contributed by atoms with van der Waals surface area (Å²) in [5, 5.41) is 2.70. The number of hydrogen-bond donors (Lipinski definition) is 3. The molecule has 116 valence electrons. The first-order valence-electron chi connectivity index (χ1n) is 6.34. The molecule has 2 rings (SSSR count). The van der Waals surface area contributed by atoms with Crippen LogP contribution in [0.3, 0.4) is 0 Å². The zero-order chi connectivity index (χ0) is 15.7. The van der Waals surface area contributed by atoms with E-state index in [4.69, 9.17) is 10.6 Å². The van der Waals surface area contributed by atoms with Crippen LogP contribution in [0.5, 0.6) is 0 Å². The van der Waals surface area contributed by atoms with Gasteiger partial charge in [0.15, 0.2) is 0 Å². The molecular weight excluding hydrogens is 287 g/mol. The lowest BCUT2D eigenvalue weighted by Crippen LogP contribution is -2.46. The zero-order valence-electron chi connectivity index (χ0n) is 11.4. The Balaban J connectivity index is 2.33. The van der Waals surface area contributed by atoms with E-state index >= 15 is 0 Å². The molecule has 1 atom stereocenters. The number of rotatable bonds is 3. The molecule has 1 heterocycles. The van der Waals surface area contributed by atoms with Gasteiger partial charge < -0.3 is 15.5 Å². The summed E-state index contributed by atoms with van der Waals surface area (Å²) in [6.07, 6.45) is -4.00. The Hall–Kier alpha value is -1.80. The molecule has 21 heavy (non-hydrogen) atoms. The summed E-state index contributed by atoms with van der Waals surface area (Å²) < 4.78 is 43.9. The number of halogens is 3. The van der Waals surface area contributed by atoms with Crippen molar-refractivity contribution >= 4 is 11.6 Å². The van der Waals surface area contributed by atoms with Crippen molar-refractivity contribution in [1.82, 2.24) is 5.32 Å². The smallest absolute Gasteiger partial charge is 0.379 e. The Kier molecular flexibility index (Phi) is 4.11. The lowest BCUT2D eigenvalue weighted by molar-refractivity contribution is -0.137. The van der Waals surface area contributed by atoms with Crippen LogP contribution in [0.4, 0.5) is 18.9 Å². The first kappa shape index (κ1) is 15.6. The maximum absolute atomic E-state index is 12.9. The number of hydrogen-bond acceptors (Lipinski definition) is 4. The number of hydrazine groups is 1. The van der Waals surface area contributed by atoms with Crippen LogP contribution in [0, 0.1) is 0 Å². The number of alkyl halides is 3. The van der Waals surface area contributed by atoms with E-state index in [0.29, 0.717) is 19.6 Å². The summed E-state index contributed by atoms with van der Waals surface area (Å²) in [6.45, 7) is 2.60. The highest BCUT2D eigenvalue weighted by Gasteiger charge is 2.36. The molecule has 1 unspecified atom stereocenters. The Morgan fingerprint density at radius 1 is 1.43 bits per heavy atom. The van der Waals surface area contributed by atoms with E-state index in [1.165, 1.54) is 12.1 Å². The minimum Gasteiger partial charge on any atom is -0.379 e. The molecule has 0 aliphatic carbocycles. The third-order valence-electron chi connectivity index (χ3n) is 3.39. The predicted molar refractivity (Wildman–Crippen MR) is 70.6 cm³/mol.